The summed E-state index contributed by atoms with van der Waals surface area (Å²) in [6, 6.07) is 4.80. The average Bonchev–Trinajstić information content (AvgIpc) is 2.32. The first-order valence-electron chi connectivity index (χ1n) is 6.18. The highest BCUT2D eigenvalue weighted by molar-refractivity contribution is 5.95. The van der Waals surface area contributed by atoms with Crippen LogP contribution in [0.1, 0.15) is 24.2 Å². The Morgan fingerprint density at radius 1 is 1.53 bits per heavy atom. The maximum atomic E-state index is 11.3. The number of ketones is 1. The number of hydrogen-bond acceptors (Lipinski definition) is 5. The second-order valence-corrected chi connectivity index (χ2v) is 4.49. The van der Waals surface area contributed by atoms with Crippen LogP contribution < -0.4 is 4.90 Å². The second kappa shape index (κ2) is 5.36. The zero-order valence-electron chi connectivity index (χ0n) is 11.0. The summed E-state index contributed by atoms with van der Waals surface area (Å²) in [5.74, 6) is -0.176. The van der Waals surface area contributed by atoms with Crippen LogP contribution in [0.2, 0.25) is 0 Å². The fraction of sp³-hybridized carbons (Fsp3) is 0.462. The third-order valence-corrected chi connectivity index (χ3v) is 3.29. The summed E-state index contributed by atoms with van der Waals surface area (Å²) in [5.41, 5.74) is 0.878. The minimum absolute atomic E-state index is 0.0264. The fourth-order valence-corrected chi connectivity index (χ4v) is 2.16. The van der Waals surface area contributed by atoms with Gasteiger partial charge in [-0.25, -0.2) is 0 Å². The normalized spacial score (nSPS) is 14.8. The number of ether oxygens (including phenoxy) is 1. The molecule has 0 aliphatic carbocycles. The summed E-state index contributed by atoms with van der Waals surface area (Å²) in [5, 5.41) is 11.2. The molecule has 0 amide bonds. The SMILES string of the molecule is CCN(c1ccc(C(C)=O)cc1[N+](=O)[O-])C1COC1. The van der Waals surface area contributed by atoms with Crippen molar-refractivity contribution in [2.75, 3.05) is 24.7 Å². The van der Waals surface area contributed by atoms with E-state index in [1.165, 1.54) is 13.0 Å². The summed E-state index contributed by atoms with van der Waals surface area (Å²) >= 11 is 0. The Morgan fingerprint density at radius 3 is 2.63 bits per heavy atom. The van der Waals surface area contributed by atoms with Crippen LogP contribution in [0.5, 0.6) is 0 Å². The van der Waals surface area contributed by atoms with Crippen molar-refractivity contribution in [2.45, 2.75) is 19.9 Å². The lowest BCUT2D eigenvalue weighted by Crippen LogP contribution is -2.49. The van der Waals surface area contributed by atoms with Gasteiger partial charge in [0.05, 0.1) is 24.2 Å². The first-order valence-corrected chi connectivity index (χ1v) is 6.18. The van der Waals surface area contributed by atoms with Gasteiger partial charge in [0.1, 0.15) is 5.69 Å². The molecule has 0 bridgehead atoms. The Hall–Kier alpha value is -1.95. The molecule has 1 aromatic carbocycles. The molecular formula is C13H16N2O4. The Labute approximate surface area is 111 Å². The molecule has 0 saturated carbocycles. The van der Waals surface area contributed by atoms with Crippen LogP contribution >= 0.6 is 0 Å². The molecule has 0 unspecified atom stereocenters. The third kappa shape index (κ3) is 2.58. The molecule has 1 aliphatic rings. The van der Waals surface area contributed by atoms with Crippen LogP contribution in [0.4, 0.5) is 11.4 Å². The van der Waals surface area contributed by atoms with Crippen molar-refractivity contribution in [3.05, 3.63) is 33.9 Å². The van der Waals surface area contributed by atoms with Crippen LogP contribution in [0.15, 0.2) is 18.2 Å². The van der Waals surface area contributed by atoms with Crippen LogP contribution in [-0.4, -0.2) is 36.5 Å². The van der Waals surface area contributed by atoms with E-state index in [0.29, 0.717) is 31.0 Å². The molecule has 102 valence electrons. The van der Waals surface area contributed by atoms with Gasteiger partial charge in [-0.15, -0.1) is 0 Å². The lowest BCUT2D eigenvalue weighted by Gasteiger charge is -2.37. The Balaban J connectivity index is 2.42. The second-order valence-electron chi connectivity index (χ2n) is 4.49. The number of likely N-dealkylation sites (N-methyl/N-ethyl adjacent to an activating group) is 1. The number of rotatable bonds is 5. The van der Waals surface area contributed by atoms with Gasteiger partial charge in [-0.2, -0.15) is 0 Å². The predicted molar refractivity (Wildman–Crippen MR) is 70.7 cm³/mol. The first kappa shape index (κ1) is 13.5. The maximum absolute atomic E-state index is 11.3. The summed E-state index contributed by atoms with van der Waals surface area (Å²) < 4.78 is 5.14. The van der Waals surface area contributed by atoms with E-state index >= 15 is 0 Å². The van der Waals surface area contributed by atoms with Crippen molar-refractivity contribution in [1.82, 2.24) is 0 Å². The van der Waals surface area contributed by atoms with E-state index in [4.69, 9.17) is 4.74 Å². The van der Waals surface area contributed by atoms with Gasteiger partial charge in [-0.1, -0.05) is 0 Å². The number of hydrogen-bond donors (Lipinski definition) is 0. The van der Waals surface area contributed by atoms with Crippen molar-refractivity contribution in [3.8, 4) is 0 Å². The molecule has 6 heteroatoms. The zero-order chi connectivity index (χ0) is 14.0. The van der Waals surface area contributed by atoms with E-state index in [-0.39, 0.29) is 17.5 Å². The van der Waals surface area contributed by atoms with Gasteiger partial charge in [-0.3, -0.25) is 14.9 Å². The monoisotopic (exact) mass is 264 g/mol. The molecule has 1 saturated heterocycles. The Morgan fingerprint density at radius 2 is 2.21 bits per heavy atom. The standard InChI is InChI=1S/C13H16N2O4/c1-3-14(11-7-19-8-11)12-5-4-10(9(2)16)6-13(12)15(17)18/h4-6,11H,3,7-8H2,1-2H3. The lowest BCUT2D eigenvalue weighted by molar-refractivity contribution is -0.384. The highest BCUT2D eigenvalue weighted by atomic mass is 16.6. The van der Waals surface area contributed by atoms with Gasteiger partial charge in [-0.05, 0) is 26.0 Å². The molecule has 0 aromatic heterocycles. The summed E-state index contributed by atoms with van der Waals surface area (Å²) in [7, 11) is 0. The van der Waals surface area contributed by atoms with Gasteiger partial charge >= 0.3 is 0 Å². The largest absolute Gasteiger partial charge is 0.377 e. The third-order valence-electron chi connectivity index (χ3n) is 3.29. The van der Waals surface area contributed by atoms with E-state index in [1.807, 2.05) is 11.8 Å². The molecule has 19 heavy (non-hydrogen) atoms. The minimum atomic E-state index is -0.441. The molecule has 6 nitrogen and oxygen atoms in total. The summed E-state index contributed by atoms with van der Waals surface area (Å²) in [4.78, 5) is 24.0. The van der Waals surface area contributed by atoms with E-state index in [0.717, 1.165) is 0 Å². The molecule has 1 aromatic rings. The number of Topliss-reactive ketones (excluding diaryl/α,β-unsaturated/α-hetero) is 1. The first-order chi connectivity index (χ1) is 9.04. The fourth-order valence-electron chi connectivity index (χ4n) is 2.16. The van der Waals surface area contributed by atoms with Crippen molar-refractivity contribution < 1.29 is 14.5 Å². The van der Waals surface area contributed by atoms with Gasteiger partial charge in [0, 0.05) is 18.2 Å². The van der Waals surface area contributed by atoms with E-state index in [9.17, 15) is 14.9 Å². The molecule has 0 radical (unpaired) electrons. The predicted octanol–water partition coefficient (Wildman–Crippen LogP) is 2.02. The van der Waals surface area contributed by atoms with Crippen LogP contribution in [0.25, 0.3) is 0 Å². The molecule has 2 rings (SSSR count). The van der Waals surface area contributed by atoms with E-state index < -0.39 is 4.92 Å². The van der Waals surface area contributed by atoms with Gasteiger partial charge in [0.2, 0.25) is 0 Å². The van der Waals surface area contributed by atoms with E-state index in [1.54, 1.807) is 12.1 Å². The van der Waals surface area contributed by atoms with Crippen molar-refractivity contribution in [1.29, 1.82) is 0 Å². The number of nitro benzene ring substituents is 1. The Kier molecular flexibility index (Phi) is 3.80. The quantitative estimate of drug-likeness (QED) is 0.462. The molecule has 0 spiro atoms. The van der Waals surface area contributed by atoms with Gasteiger partial charge < -0.3 is 9.64 Å². The highest BCUT2D eigenvalue weighted by Gasteiger charge is 2.29. The number of nitro groups is 1. The number of nitrogens with zero attached hydrogens (tertiary/aromatic N) is 2. The molecule has 0 atom stereocenters. The topological polar surface area (TPSA) is 72.7 Å². The summed E-state index contributed by atoms with van der Waals surface area (Å²) in [6.45, 7) is 5.17. The smallest absolute Gasteiger partial charge is 0.293 e. The van der Waals surface area contributed by atoms with Crippen LogP contribution in [-0.2, 0) is 4.74 Å². The molecule has 1 fully saturated rings. The van der Waals surface area contributed by atoms with Crippen molar-refractivity contribution in [3.63, 3.8) is 0 Å². The average molecular weight is 264 g/mol. The molecular weight excluding hydrogens is 248 g/mol. The number of carbonyl (C=O) groups excluding carboxylic acids is 1. The molecule has 1 heterocycles. The van der Waals surface area contributed by atoms with Crippen LogP contribution in [0, 0.1) is 10.1 Å². The highest BCUT2D eigenvalue weighted by Crippen LogP contribution is 2.32. The van der Waals surface area contributed by atoms with Gasteiger partial charge in [0.25, 0.3) is 5.69 Å². The van der Waals surface area contributed by atoms with Crippen molar-refractivity contribution >= 4 is 17.2 Å². The summed E-state index contributed by atoms with van der Waals surface area (Å²) in [6.07, 6.45) is 0. The molecule has 1 aliphatic heterocycles. The lowest BCUT2D eigenvalue weighted by atomic mass is 10.1. The number of benzene rings is 1. The Bertz CT molecular complexity index is 511. The zero-order valence-corrected chi connectivity index (χ0v) is 11.0. The number of carbonyl (C=O) groups is 1. The minimum Gasteiger partial charge on any atom is -0.377 e. The van der Waals surface area contributed by atoms with E-state index in [2.05, 4.69) is 0 Å². The van der Waals surface area contributed by atoms with Gasteiger partial charge in [0.15, 0.2) is 5.78 Å². The van der Waals surface area contributed by atoms with Crippen molar-refractivity contribution in [2.24, 2.45) is 0 Å². The van der Waals surface area contributed by atoms with Crippen LogP contribution in [0.3, 0.4) is 0 Å². The number of anilines is 1. The maximum Gasteiger partial charge on any atom is 0.293 e. The molecule has 0 N–H and O–H groups in total.